The van der Waals surface area contributed by atoms with Crippen LogP contribution in [0.5, 0.6) is 5.75 Å². The first-order valence-electron chi connectivity index (χ1n) is 10.2. The Hall–Kier alpha value is -3.74. The molecule has 31 heavy (non-hydrogen) atoms. The van der Waals surface area contributed by atoms with E-state index in [0.29, 0.717) is 29.1 Å². The van der Waals surface area contributed by atoms with Gasteiger partial charge in [0.2, 0.25) is 11.8 Å². The summed E-state index contributed by atoms with van der Waals surface area (Å²) in [6.45, 7) is 8.68. The van der Waals surface area contributed by atoms with E-state index in [-0.39, 0.29) is 18.6 Å². The van der Waals surface area contributed by atoms with Crippen molar-refractivity contribution < 1.29 is 9.26 Å². The predicted molar refractivity (Wildman–Crippen MR) is 113 cm³/mol. The maximum Gasteiger partial charge on any atom is 0.266 e. The third-order valence-corrected chi connectivity index (χ3v) is 5.13. The summed E-state index contributed by atoms with van der Waals surface area (Å²) in [5.74, 6) is 2.69. The van der Waals surface area contributed by atoms with Crippen LogP contribution in [0.2, 0.25) is 0 Å². The van der Waals surface area contributed by atoms with E-state index in [9.17, 15) is 0 Å². The minimum Gasteiger partial charge on any atom is -0.486 e. The van der Waals surface area contributed by atoms with E-state index in [1.54, 1.807) is 24.7 Å². The highest BCUT2D eigenvalue weighted by Gasteiger charge is 2.28. The van der Waals surface area contributed by atoms with E-state index >= 15 is 0 Å². The molecular weight excluding hydrogens is 396 g/mol. The van der Waals surface area contributed by atoms with Gasteiger partial charge in [-0.1, -0.05) is 13.8 Å². The molecule has 10 nitrogen and oxygen atoms in total. The SMILES string of the molecule is CC(C)c1nc(N2CCN(c3ncc(OCc4ccncc4C#N)cn3)[C@@H](C)C2)no1. The maximum absolute atomic E-state index is 9.15. The van der Waals surface area contributed by atoms with Gasteiger partial charge < -0.3 is 19.1 Å². The Kier molecular flexibility index (Phi) is 5.93. The molecule has 1 aliphatic heterocycles. The van der Waals surface area contributed by atoms with Gasteiger partial charge in [-0.3, -0.25) is 4.98 Å². The Labute approximate surface area is 180 Å². The lowest BCUT2D eigenvalue weighted by atomic mass is 10.2. The average Bonchev–Trinajstić information content (AvgIpc) is 3.29. The number of rotatable bonds is 6. The van der Waals surface area contributed by atoms with E-state index in [1.807, 2.05) is 13.8 Å². The second-order valence-electron chi connectivity index (χ2n) is 7.73. The Morgan fingerprint density at radius 3 is 2.71 bits per heavy atom. The molecule has 3 aromatic heterocycles. The van der Waals surface area contributed by atoms with Gasteiger partial charge in [-0.05, 0) is 18.1 Å². The summed E-state index contributed by atoms with van der Waals surface area (Å²) >= 11 is 0. The second-order valence-corrected chi connectivity index (χ2v) is 7.73. The highest BCUT2D eigenvalue weighted by molar-refractivity contribution is 5.40. The fourth-order valence-electron chi connectivity index (χ4n) is 3.37. The molecule has 1 aliphatic rings. The summed E-state index contributed by atoms with van der Waals surface area (Å²) in [4.78, 5) is 21.7. The number of aromatic nitrogens is 5. The zero-order valence-corrected chi connectivity index (χ0v) is 17.8. The van der Waals surface area contributed by atoms with Gasteiger partial charge in [-0.15, -0.1) is 0 Å². The number of nitriles is 1. The predicted octanol–water partition coefficient (Wildman–Crippen LogP) is 2.54. The van der Waals surface area contributed by atoms with Crippen LogP contribution in [0.15, 0.2) is 35.4 Å². The molecule has 0 N–H and O–H groups in total. The van der Waals surface area contributed by atoms with Crippen molar-refractivity contribution in [2.24, 2.45) is 0 Å². The summed E-state index contributed by atoms with van der Waals surface area (Å²) < 4.78 is 11.1. The molecular formula is C21H24N8O2. The van der Waals surface area contributed by atoms with Gasteiger partial charge in [0.15, 0.2) is 5.75 Å². The van der Waals surface area contributed by atoms with Crippen LogP contribution in [0, 0.1) is 11.3 Å². The number of nitrogens with zero attached hydrogens (tertiary/aromatic N) is 8. The Morgan fingerprint density at radius 1 is 1.23 bits per heavy atom. The monoisotopic (exact) mass is 420 g/mol. The molecule has 4 heterocycles. The van der Waals surface area contributed by atoms with Gasteiger partial charge in [0.25, 0.3) is 5.95 Å². The van der Waals surface area contributed by atoms with Crippen LogP contribution < -0.4 is 14.5 Å². The molecule has 0 unspecified atom stereocenters. The summed E-state index contributed by atoms with van der Waals surface area (Å²) in [6, 6.07) is 4.06. The first-order valence-corrected chi connectivity index (χ1v) is 10.2. The molecule has 0 spiro atoms. The molecule has 0 aromatic carbocycles. The molecule has 160 valence electrons. The Morgan fingerprint density at radius 2 is 2.03 bits per heavy atom. The van der Waals surface area contributed by atoms with Gasteiger partial charge in [0, 0.05) is 49.6 Å². The summed E-state index contributed by atoms with van der Waals surface area (Å²) in [5.41, 5.74) is 1.27. The van der Waals surface area contributed by atoms with Gasteiger partial charge in [-0.25, -0.2) is 9.97 Å². The van der Waals surface area contributed by atoms with Crippen molar-refractivity contribution in [2.75, 3.05) is 29.4 Å². The Bertz CT molecular complexity index is 1060. The van der Waals surface area contributed by atoms with Crippen LogP contribution in [0.25, 0.3) is 0 Å². The molecule has 10 heteroatoms. The quantitative estimate of drug-likeness (QED) is 0.589. The number of anilines is 2. The lowest BCUT2D eigenvalue weighted by molar-refractivity contribution is 0.303. The van der Waals surface area contributed by atoms with Crippen molar-refractivity contribution in [3.63, 3.8) is 0 Å². The van der Waals surface area contributed by atoms with E-state index in [2.05, 4.69) is 47.9 Å². The summed E-state index contributed by atoms with van der Waals surface area (Å²) in [7, 11) is 0. The summed E-state index contributed by atoms with van der Waals surface area (Å²) in [5, 5.41) is 13.3. The van der Waals surface area contributed by atoms with Crippen LogP contribution in [0.4, 0.5) is 11.9 Å². The molecule has 1 fully saturated rings. The topological polar surface area (TPSA) is 117 Å². The van der Waals surface area contributed by atoms with Crippen LogP contribution in [-0.2, 0) is 6.61 Å². The first kappa shape index (κ1) is 20.5. The van der Waals surface area contributed by atoms with E-state index in [4.69, 9.17) is 14.5 Å². The lowest BCUT2D eigenvalue weighted by Gasteiger charge is -2.39. The minimum absolute atomic E-state index is 0.177. The maximum atomic E-state index is 9.15. The third-order valence-electron chi connectivity index (χ3n) is 5.13. The molecule has 0 amide bonds. The molecule has 3 aromatic rings. The fraction of sp³-hybridized carbons (Fsp3) is 0.429. The molecule has 0 bridgehead atoms. The van der Waals surface area contributed by atoms with E-state index in [0.717, 1.165) is 25.2 Å². The number of hydrogen-bond donors (Lipinski definition) is 0. The zero-order chi connectivity index (χ0) is 21.8. The van der Waals surface area contributed by atoms with Crippen molar-refractivity contribution in [1.29, 1.82) is 5.26 Å². The van der Waals surface area contributed by atoms with Crippen LogP contribution in [0.1, 0.15) is 43.7 Å². The molecule has 0 radical (unpaired) electrons. The van der Waals surface area contributed by atoms with Gasteiger partial charge in [-0.2, -0.15) is 10.2 Å². The molecule has 1 atom stereocenters. The van der Waals surface area contributed by atoms with Gasteiger partial charge in [0.1, 0.15) is 12.7 Å². The molecule has 1 saturated heterocycles. The number of pyridine rings is 1. The van der Waals surface area contributed by atoms with E-state index < -0.39 is 0 Å². The number of ether oxygens (including phenoxy) is 1. The normalized spacial score (nSPS) is 16.4. The van der Waals surface area contributed by atoms with Crippen molar-refractivity contribution in [3.8, 4) is 11.8 Å². The minimum atomic E-state index is 0.177. The third kappa shape index (κ3) is 4.55. The van der Waals surface area contributed by atoms with Crippen molar-refractivity contribution in [1.82, 2.24) is 25.1 Å². The van der Waals surface area contributed by atoms with Crippen molar-refractivity contribution in [3.05, 3.63) is 47.9 Å². The highest BCUT2D eigenvalue weighted by atomic mass is 16.5. The Balaban J connectivity index is 1.36. The lowest BCUT2D eigenvalue weighted by Crippen LogP contribution is -2.53. The zero-order valence-electron chi connectivity index (χ0n) is 17.8. The summed E-state index contributed by atoms with van der Waals surface area (Å²) in [6.07, 6.45) is 6.47. The first-order chi connectivity index (χ1) is 15.0. The highest BCUT2D eigenvalue weighted by Crippen LogP contribution is 2.22. The molecule has 0 saturated carbocycles. The standard InChI is InChI=1S/C21H24N8O2/c1-14(2)19-26-21(27-31-19)28-6-7-29(15(3)12-28)20-24-10-18(11-25-20)30-13-16-4-5-23-9-17(16)8-22/h4-5,9-11,14-15H,6-7,12-13H2,1-3H3/t15-/m0/s1. The number of hydrogen-bond acceptors (Lipinski definition) is 10. The largest absolute Gasteiger partial charge is 0.486 e. The van der Waals surface area contributed by atoms with Crippen molar-refractivity contribution >= 4 is 11.9 Å². The van der Waals surface area contributed by atoms with Gasteiger partial charge in [0.05, 0.1) is 18.0 Å². The van der Waals surface area contributed by atoms with Crippen molar-refractivity contribution in [2.45, 2.75) is 39.3 Å². The second kappa shape index (κ2) is 8.95. The molecule has 4 rings (SSSR count). The smallest absolute Gasteiger partial charge is 0.266 e. The van der Waals surface area contributed by atoms with E-state index in [1.165, 1.54) is 6.20 Å². The van der Waals surface area contributed by atoms with Gasteiger partial charge >= 0.3 is 0 Å². The van der Waals surface area contributed by atoms with Crippen LogP contribution in [-0.4, -0.2) is 50.8 Å². The average molecular weight is 420 g/mol. The van der Waals surface area contributed by atoms with Crippen LogP contribution >= 0.6 is 0 Å². The number of piperazine rings is 1. The molecule has 0 aliphatic carbocycles. The van der Waals surface area contributed by atoms with Crippen LogP contribution in [0.3, 0.4) is 0 Å². The fourth-order valence-corrected chi connectivity index (χ4v) is 3.37.